The van der Waals surface area contributed by atoms with Crippen molar-refractivity contribution >= 4 is 11.9 Å². The Hall–Kier alpha value is -2.02. The van der Waals surface area contributed by atoms with Gasteiger partial charge in [0, 0.05) is 31.5 Å². The minimum absolute atomic E-state index is 0.0329. The van der Waals surface area contributed by atoms with E-state index in [9.17, 15) is 23.5 Å². The molecule has 1 heterocycles. The van der Waals surface area contributed by atoms with Crippen molar-refractivity contribution < 1.29 is 28.2 Å². The third-order valence-corrected chi connectivity index (χ3v) is 3.90. The average Bonchev–Trinajstić information content (AvgIpc) is 2.50. The fraction of sp³-hybridized carbons (Fsp3) is 0.467. The van der Waals surface area contributed by atoms with Crippen LogP contribution in [0.5, 0.6) is 0 Å². The van der Waals surface area contributed by atoms with E-state index in [1.54, 1.807) is 0 Å². The van der Waals surface area contributed by atoms with Crippen molar-refractivity contribution in [2.45, 2.75) is 24.9 Å². The van der Waals surface area contributed by atoms with E-state index in [0.717, 1.165) is 12.1 Å². The molecule has 0 saturated carbocycles. The molecule has 5 nitrogen and oxygen atoms in total. The van der Waals surface area contributed by atoms with Gasteiger partial charge in [0.25, 0.3) is 0 Å². The Labute approximate surface area is 126 Å². The highest BCUT2D eigenvalue weighted by atomic mass is 19.1. The summed E-state index contributed by atoms with van der Waals surface area (Å²) in [6.45, 7) is 0.251. The van der Waals surface area contributed by atoms with Gasteiger partial charge in [0.15, 0.2) is 5.60 Å². The number of piperidine rings is 1. The summed E-state index contributed by atoms with van der Waals surface area (Å²) < 4.78 is 31.6. The number of hydrogen-bond acceptors (Lipinski definition) is 4. The Morgan fingerprint density at radius 3 is 2.32 bits per heavy atom. The smallest absolute Gasteiger partial charge is 0.337 e. The molecule has 0 bridgehead atoms. The molecule has 1 aliphatic heterocycles. The number of esters is 1. The zero-order valence-electron chi connectivity index (χ0n) is 12.1. The van der Waals surface area contributed by atoms with Gasteiger partial charge in [-0.25, -0.2) is 13.6 Å². The zero-order chi connectivity index (χ0) is 16.3. The largest absolute Gasteiger partial charge is 0.467 e. The van der Waals surface area contributed by atoms with E-state index < -0.39 is 35.5 Å². The van der Waals surface area contributed by atoms with E-state index in [4.69, 9.17) is 0 Å². The zero-order valence-corrected chi connectivity index (χ0v) is 12.1. The van der Waals surface area contributed by atoms with E-state index in [2.05, 4.69) is 4.74 Å². The number of aliphatic hydroxyl groups is 1. The molecule has 0 aliphatic carbocycles. The molecule has 7 heteroatoms. The van der Waals surface area contributed by atoms with Crippen LogP contribution in [0.2, 0.25) is 0 Å². The molecule has 0 aromatic heterocycles. The van der Waals surface area contributed by atoms with Crippen molar-refractivity contribution in [1.29, 1.82) is 0 Å². The van der Waals surface area contributed by atoms with Gasteiger partial charge in [-0.3, -0.25) is 4.79 Å². The van der Waals surface area contributed by atoms with Gasteiger partial charge >= 0.3 is 5.97 Å². The van der Waals surface area contributed by atoms with Crippen molar-refractivity contribution in [2.75, 3.05) is 20.2 Å². The van der Waals surface area contributed by atoms with Crippen molar-refractivity contribution in [3.63, 3.8) is 0 Å². The third-order valence-electron chi connectivity index (χ3n) is 3.90. The quantitative estimate of drug-likeness (QED) is 0.847. The molecular formula is C15H17F2NO4. The molecule has 0 spiro atoms. The summed E-state index contributed by atoms with van der Waals surface area (Å²) in [6, 6.07) is 3.42. The Kier molecular flexibility index (Phi) is 4.75. The van der Waals surface area contributed by atoms with E-state index in [0.29, 0.717) is 0 Å². The number of hydrogen-bond donors (Lipinski definition) is 1. The number of rotatable bonds is 3. The summed E-state index contributed by atoms with van der Waals surface area (Å²) in [6.07, 6.45) is -0.328. The monoisotopic (exact) mass is 313 g/mol. The van der Waals surface area contributed by atoms with Crippen LogP contribution >= 0.6 is 0 Å². The third kappa shape index (κ3) is 3.24. The highest BCUT2D eigenvalue weighted by Gasteiger charge is 2.41. The first-order chi connectivity index (χ1) is 10.4. The van der Waals surface area contributed by atoms with Crippen LogP contribution in [-0.4, -0.2) is 47.7 Å². The fourth-order valence-electron chi connectivity index (χ4n) is 2.48. The first-order valence-electron chi connectivity index (χ1n) is 6.89. The second-order valence-corrected chi connectivity index (χ2v) is 5.28. The van der Waals surface area contributed by atoms with Crippen LogP contribution in [0, 0.1) is 11.6 Å². The van der Waals surface area contributed by atoms with Crippen molar-refractivity contribution in [2.24, 2.45) is 0 Å². The predicted molar refractivity (Wildman–Crippen MR) is 72.8 cm³/mol. The normalized spacial score (nSPS) is 17.2. The van der Waals surface area contributed by atoms with Gasteiger partial charge in [-0.05, 0) is 12.1 Å². The van der Waals surface area contributed by atoms with E-state index in [1.165, 1.54) is 18.1 Å². The molecule has 1 aromatic carbocycles. The maximum Gasteiger partial charge on any atom is 0.337 e. The SMILES string of the molecule is COC(=O)C1(O)CCN(C(=O)Cc2c(F)cccc2F)CC1. The molecular weight excluding hydrogens is 296 g/mol. The molecule has 120 valence electrons. The molecule has 1 saturated heterocycles. The Bertz CT molecular complexity index is 563. The topological polar surface area (TPSA) is 66.8 Å². The standard InChI is InChI=1S/C15H17F2NO4/c1-22-14(20)15(21)5-7-18(8-6-15)13(19)9-10-11(16)3-2-4-12(10)17/h2-4,21H,5-9H2,1H3. The van der Waals surface area contributed by atoms with Crippen LogP contribution in [0.1, 0.15) is 18.4 Å². The van der Waals surface area contributed by atoms with Gasteiger partial charge in [-0.1, -0.05) is 6.07 Å². The molecule has 1 amide bonds. The molecule has 0 atom stereocenters. The summed E-state index contributed by atoms with van der Waals surface area (Å²) in [5.41, 5.74) is -1.88. The van der Waals surface area contributed by atoms with Gasteiger partial charge in [-0.15, -0.1) is 0 Å². The lowest BCUT2D eigenvalue weighted by atomic mass is 9.91. The minimum atomic E-state index is -1.60. The summed E-state index contributed by atoms with van der Waals surface area (Å²) in [4.78, 5) is 25.0. The van der Waals surface area contributed by atoms with Crippen molar-refractivity contribution in [3.8, 4) is 0 Å². The molecule has 1 N–H and O–H groups in total. The number of benzene rings is 1. The van der Waals surface area contributed by atoms with Crippen molar-refractivity contribution in [1.82, 2.24) is 4.90 Å². The highest BCUT2D eigenvalue weighted by Crippen LogP contribution is 2.24. The Morgan fingerprint density at radius 2 is 1.82 bits per heavy atom. The van der Waals surface area contributed by atoms with Gasteiger partial charge in [0.2, 0.25) is 5.91 Å². The molecule has 1 aromatic rings. The first-order valence-corrected chi connectivity index (χ1v) is 6.89. The number of ether oxygens (including phenoxy) is 1. The minimum Gasteiger partial charge on any atom is -0.467 e. The maximum atomic E-state index is 13.5. The predicted octanol–water partition coefficient (Wildman–Crippen LogP) is 1.03. The lowest BCUT2D eigenvalue weighted by Gasteiger charge is -2.36. The number of nitrogens with zero attached hydrogens (tertiary/aromatic N) is 1. The summed E-state index contributed by atoms with van der Waals surface area (Å²) in [5, 5.41) is 10.1. The average molecular weight is 313 g/mol. The van der Waals surface area contributed by atoms with Gasteiger partial charge < -0.3 is 14.7 Å². The number of methoxy groups -OCH3 is 1. The van der Waals surface area contributed by atoms with Crippen LogP contribution in [0.15, 0.2) is 18.2 Å². The molecule has 0 radical (unpaired) electrons. The van der Waals surface area contributed by atoms with Crippen LogP contribution in [0.3, 0.4) is 0 Å². The van der Waals surface area contributed by atoms with E-state index >= 15 is 0 Å². The van der Waals surface area contributed by atoms with Gasteiger partial charge in [0.1, 0.15) is 11.6 Å². The van der Waals surface area contributed by atoms with Crippen LogP contribution in [0.25, 0.3) is 0 Å². The first kappa shape index (κ1) is 16.4. The van der Waals surface area contributed by atoms with Crippen LogP contribution < -0.4 is 0 Å². The van der Waals surface area contributed by atoms with E-state index in [-0.39, 0.29) is 31.5 Å². The fourth-order valence-corrected chi connectivity index (χ4v) is 2.48. The van der Waals surface area contributed by atoms with Gasteiger partial charge in [0.05, 0.1) is 13.5 Å². The summed E-state index contributed by atoms with van der Waals surface area (Å²) >= 11 is 0. The number of halogens is 2. The number of amides is 1. The molecule has 22 heavy (non-hydrogen) atoms. The number of carbonyl (C=O) groups excluding carboxylic acids is 2. The highest BCUT2D eigenvalue weighted by molar-refractivity contribution is 5.81. The Morgan fingerprint density at radius 1 is 1.27 bits per heavy atom. The number of likely N-dealkylation sites (tertiary alicyclic amines) is 1. The lowest BCUT2D eigenvalue weighted by Crippen LogP contribution is -2.51. The molecule has 1 fully saturated rings. The Balaban J connectivity index is 2.00. The van der Waals surface area contributed by atoms with Crippen molar-refractivity contribution in [3.05, 3.63) is 35.4 Å². The molecule has 0 unspecified atom stereocenters. The second kappa shape index (κ2) is 6.39. The molecule has 2 rings (SSSR count). The maximum absolute atomic E-state index is 13.5. The summed E-state index contributed by atoms with van der Waals surface area (Å²) in [5.74, 6) is -2.72. The number of carbonyl (C=O) groups is 2. The van der Waals surface area contributed by atoms with Crippen LogP contribution in [0.4, 0.5) is 8.78 Å². The summed E-state index contributed by atoms with van der Waals surface area (Å²) in [7, 11) is 1.18. The van der Waals surface area contributed by atoms with E-state index in [1.807, 2.05) is 0 Å². The molecule has 1 aliphatic rings. The second-order valence-electron chi connectivity index (χ2n) is 5.28. The van der Waals surface area contributed by atoms with Crippen LogP contribution in [-0.2, 0) is 20.7 Å². The van der Waals surface area contributed by atoms with Gasteiger partial charge in [-0.2, -0.15) is 0 Å². The lowest BCUT2D eigenvalue weighted by molar-refractivity contribution is -0.168.